The number of rotatable bonds is 4. The van der Waals surface area contributed by atoms with Gasteiger partial charge in [-0.15, -0.1) is 0 Å². The number of benzene rings is 2. The number of halogens is 3. The predicted molar refractivity (Wildman–Crippen MR) is 94.3 cm³/mol. The molecule has 1 unspecified atom stereocenters. The second-order valence-electron chi connectivity index (χ2n) is 5.98. The van der Waals surface area contributed by atoms with E-state index < -0.39 is 29.0 Å². The van der Waals surface area contributed by atoms with Gasteiger partial charge in [0.15, 0.2) is 0 Å². The van der Waals surface area contributed by atoms with Gasteiger partial charge in [-0.05, 0) is 29.8 Å². The van der Waals surface area contributed by atoms with E-state index in [2.05, 4.69) is 21.2 Å². The van der Waals surface area contributed by atoms with Crippen LogP contribution in [0.25, 0.3) is 0 Å². The molecule has 0 aromatic heterocycles. The number of carbonyl (C=O) groups is 2. The van der Waals surface area contributed by atoms with Crippen LogP contribution in [-0.4, -0.2) is 29.1 Å². The van der Waals surface area contributed by atoms with E-state index in [1.165, 1.54) is 0 Å². The highest BCUT2D eigenvalue weighted by atomic mass is 79.9. The Morgan fingerprint density at radius 2 is 2.04 bits per heavy atom. The highest BCUT2D eigenvalue weighted by Crippen LogP contribution is 2.30. The molecule has 2 amide bonds. The molecule has 3 rings (SSSR count). The van der Waals surface area contributed by atoms with Crippen LogP contribution in [0.4, 0.5) is 14.5 Å². The fourth-order valence-corrected chi connectivity index (χ4v) is 3.27. The Balaban J connectivity index is 1.73. The molecular weight excluding hydrogens is 410 g/mol. The lowest BCUT2D eigenvalue weighted by Gasteiger charge is -2.22. The monoisotopic (exact) mass is 424 g/mol. The fraction of sp³-hybridized carbons (Fsp3) is 0.222. The van der Waals surface area contributed by atoms with Gasteiger partial charge in [-0.25, -0.2) is 8.78 Å². The zero-order chi connectivity index (χ0) is 18.9. The van der Waals surface area contributed by atoms with Crippen LogP contribution in [0.3, 0.4) is 0 Å². The number of amides is 2. The molecule has 0 saturated carbocycles. The third kappa shape index (κ3) is 3.47. The van der Waals surface area contributed by atoms with Crippen molar-refractivity contribution in [1.82, 2.24) is 5.32 Å². The molecule has 26 heavy (non-hydrogen) atoms. The van der Waals surface area contributed by atoms with E-state index in [0.29, 0.717) is 6.07 Å². The molecule has 1 fully saturated rings. The normalized spacial score (nSPS) is 19.7. The molecule has 2 N–H and O–H groups in total. The van der Waals surface area contributed by atoms with E-state index in [0.717, 1.165) is 27.1 Å². The van der Waals surface area contributed by atoms with Crippen LogP contribution in [0.1, 0.15) is 12.0 Å². The molecule has 0 radical (unpaired) electrons. The SMILES string of the molecule is O=C(NCc1cccc(Br)c1)C1(O)CCN(c2ccc(F)cc2F)C1=O. The zero-order valence-corrected chi connectivity index (χ0v) is 15.1. The molecule has 1 heterocycles. The minimum Gasteiger partial charge on any atom is -0.372 e. The van der Waals surface area contributed by atoms with Gasteiger partial charge in [-0.3, -0.25) is 9.59 Å². The molecule has 0 aliphatic carbocycles. The van der Waals surface area contributed by atoms with Crippen LogP contribution in [0.2, 0.25) is 0 Å². The van der Waals surface area contributed by atoms with Gasteiger partial charge in [0.05, 0.1) is 5.69 Å². The van der Waals surface area contributed by atoms with Crippen molar-refractivity contribution in [3.8, 4) is 0 Å². The van der Waals surface area contributed by atoms with Crippen molar-refractivity contribution in [2.75, 3.05) is 11.4 Å². The van der Waals surface area contributed by atoms with Crippen LogP contribution in [-0.2, 0) is 16.1 Å². The number of hydrogen-bond donors (Lipinski definition) is 2. The van der Waals surface area contributed by atoms with E-state index in [1.54, 1.807) is 18.2 Å². The van der Waals surface area contributed by atoms with Gasteiger partial charge in [0.2, 0.25) is 5.60 Å². The first-order valence-corrected chi connectivity index (χ1v) is 8.63. The van der Waals surface area contributed by atoms with Crippen molar-refractivity contribution in [1.29, 1.82) is 0 Å². The lowest BCUT2D eigenvalue weighted by molar-refractivity contribution is -0.149. The molecule has 5 nitrogen and oxygen atoms in total. The summed E-state index contributed by atoms with van der Waals surface area (Å²) in [5.41, 5.74) is -1.68. The number of hydrogen-bond acceptors (Lipinski definition) is 3. The lowest BCUT2D eigenvalue weighted by Crippen LogP contribution is -2.52. The molecular formula is C18H15BrF2N2O3. The van der Waals surface area contributed by atoms with E-state index in [1.807, 2.05) is 6.07 Å². The van der Waals surface area contributed by atoms with Crippen molar-refractivity contribution in [2.45, 2.75) is 18.6 Å². The summed E-state index contributed by atoms with van der Waals surface area (Å²) in [6, 6.07) is 9.96. The van der Waals surface area contributed by atoms with Gasteiger partial charge in [0.1, 0.15) is 11.6 Å². The maximum Gasteiger partial charge on any atom is 0.268 e. The van der Waals surface area contributed by atoms with E-state index in [9.17, 15) is 23.5 Å². The third-order valence-corrected chi connectivity index (χ3v) is 4.71. The molecule has 136 valence electrons. The van der Waals surface area contributed by atoms with Crippen molar-refractivity contribution < 1.29 is 23.5 Å². The van der Waals surface area contributed by atoms with E-state index in [4.69, 9.17) is 0 Å². The number of anilines is 1. The quantitative estimate of drug-likeness (QED) is 0.740. The topological polar surface area (TPSA) is 69.6 Å². The zero-order valence-electron chi connectivity index (χ0n) is 13.5. The molecule has 1 saturated heterocycles. The first kappa shape index (κ1) is 18.5. The summed E-state index contributed by atoms with van der Waals surface area (Å²) in [5.74, 6) is -3.50. The average Bonchev–Trinajstić information content (AvgIpc) is 2.90. The van der Waals surface area contributed by atoms with Gasteiger partial charge < -0.3 is 15.3 Å². The molecule has 2 aromatic carbocycles. The summed E-state index contributed by atoms with van der Waals surface area (Å²) in [7, 11) is 0. The Bertz CT molecular complexity index is 877. The van der Waals surface area contributed by atoms with Crippen LogP contribution >= 0.6 is 15.9 Å². The Morgan fingerprint density at radius 3 is 2.73 bits per heavy atom. The number of nitrogens with one attached hydrogen (secondary N) is 1. The van der Waals surface area contributed by atoms with Crippen molar-refractivity contribution in [3.63, 3.8) is 0 Å². The van der Waals surface area contributed by atoms with E-state index >= 15 is 0 Å². The first-order valence-electron chi connectivity index (χ1n) is 7.83. The van der Waals surface area contributed by atoms with Crippen molar-refractivity contribution in [2.24, 2.45) is 0 Å². The summed E-state index contributed by atoms with van der Waals surface area (Å²) >= 11 is 3.32. The second kappa shape index (κ2) is 7.13. The Labute approximate surface area is 156 Å². The highest BCUT2D eigenvalue weighted by molar-refractivity contribution is 9.10. The number of nitrogens with zero attached hydrogens (tertiary/aromatic N) is 1. The van der Waals surface area contributed by atoms with Gasteiger partial charge in [-0.1, -0.05) is 28.1 Å². The first-order chi connectivity index (χ1) is 12.3. The minimum absolute atomic E-state index is 0.0534. The number of aliphatic hydroxyl groups is 1. The largest absolute Gasteiger partial charge is 0.372 e. The molecule has 8 heteroatoms. The smallest absolute Gasteiger partial charge is 0.268 e. The number of carbonyl (C=O) groups excluding carboxylic acids is 2. The van der Waals surface area contributed by atoms with Crippen molar-refractivity contribution in [3.05, 3.63) is 64.1 Å². The van der Waals surface area contributed by atoms with Crippen molar-refractivity contribution >= 4 is 33.4 Å². The Morgan fingerprint density at radius 1 is 1.27 bits per heavy atom. The summed E-state index contributed by atoms with van der Waals surface area (Å²) in [4.78, 5) is 25.8. The maximum absolute atomic E-state index is 13.9. The highest BCUT2D eigenvalue weighted by Gasteiger charge is 2.52. The second-order valence-corrected chi connectivity index (χ2v) is 6.89. The molecule has 1 aliphatic heterocycles. The lowest BCUT2D eigenvalue weighted by atomic mass is 10.0. The minimum atomic E-state index is -2.28. The average molecular weight is 425 g/mol. The predicted octanol–water partition coefficient (Wildman–Crippen LogP) is 2.51. The molecule has 0 bridgehead atoms. The molecule has 2 aromatic rings. The molecule has 1 aliphatic rings. The van der Waals surface area contributed by atoms with Crippen LogP contribution < -0.4 is 10.2 Å². The Hall–Kier alpha value is -2.32. The third-order valence-electron chi connectivity index (χ3n) is 4.21. The fourth-order valence-electron chi connectivity index (χ4n) is 2.82. The van der Waals surface area contributed by atoms with Crippen LogP contribution in [0.15, 0.2) is 46.9 Å². The van der Waals surface area contributed by atoms with Gasteiger partial charge in [-0.2, -0.15) is 0 Å². The van der Waals surface area contributed by atoms with Crippen LogP contribution in [0.5, 0.6) is 0 Å². The maximum atomic E-state index is 13.9. The van der Waals surface area contributed by atoms with Gasteiger partial charge in [0, 0.05) is 30.0 Å². The van der Waals surface area contributed by atoms with Crippen LogP contribution in [0, 0.1) is 11.6 Å². The van der Waals surface area contributed by atoms with E-state index in [-0.39, 0.29) is 25.2 Å². The van der Waals surface area contributed by atoms with Gasteiger partial charge in [0.25, 0.3) is 11.8 Å². The Kier molecular flexibility index (Phi) is 5.06. The summed E-state index contributed by atoms with van der Waals surface area (Å²) in [5, 5.41) is 13.1. The standard InChI is InChI=1S/C18H15BrF2N2O3/c19-12-3-1-2-11(8-12)10-22-16(24)18(26)6-7-23(17(18)25)15-5-4-13(20)9-14(15)21/h1-5,8-9,26H,6-7,10H2,(H,22,24). The molecule has 1 atom stereocenters. The van der Waals surface area contributed by atoms with Gasteiger partial charge >= 0.3 is 0 Å². The molecule has 0 spiro atoms. The summed E-state index contributed by atoms with van der Waals surface area (Å²) in [6.07, 6.45) is -0.188. The summed E-state index contributed by atoms with van der Waals surface area (Å²) < 4.78 is 27.8. The summed E-state index contributed by atoms with van der Waals surface area (Å²) in [6.45, 7) is 0.0704.